The number of ether oxygens (including phenoxy) is 2. The first-order valence-electron chi connectivity index (χ1n) is 16.4. The molecule has 11 heteroatoms. The van der Waals surface area contributed by atoms with Crippen molar-refractivity contribution >= 4 is 28.9 Å². The number of aliphatic hydroxyl groups excluding tert-OH is 1. The smallest absolute Gasteiger partial charge is 0.312 e. The molecule has 0 saturated heterocycles. The minimum Gasteiger partial charge on any atom is -0.456 e. The number of methoxy groups -OCH3 is 1. The predicted octanol–water partition coefficient (Wildman–Crippen LogP) is 6.50. The van der Waals surface area contributed by atoms with Crippen LogP contribution in [0.1, 0.15) is 123 Å². The normalized spacial score (nSPS) is 13.4. The third kappa shape index (κ3) is 12.1. The Bertz CT molecular complexity index is 1180. The maximum atomic E-state index is 14.5. The van der Waals surface area contributed by atoms with Gasteiger partial charge in [-0.2, -0.15) is 14.4 Å². The fourth-order valence-electron chi connectivity index (χ4n) is 5.15. The predicted molar refractivity (Wildman–Crippen MR) is 169 cm³/mol. The average Bonchev–Trinajstić information content (AvgIpc) is 3.41. The van der Waals surface area contributed by atoms with Gasteiger partial charge in [0.05, 0.1) is 19.5 Å². The van der Waals surface area contributed by atoms with E-state index in [4.69, 9.17) is 15.9 Å². The molecule has 0 saturated carbocycles. The highest BCUT2D eigenvalue weighted by molar-refractivity contribution is 5.96. The molecule has 0 fully saturated rings. The highest BCUT2D eigenvalue weighted by Gasteiger charge is 2.41. The number of hydrogen-bond acceptors (Lipinski definition) is 8. The third-order valence-corrected chi connectivity index (χ3v) is 7.94. The minimum absolute atomic E-state index is 0.0450. The lowest BCUT2D eigenvalue weighted by Gasteiger charge is -2.33. The highest BCUT2D eigenvalue weighted by Crippen LogP contribution is 2.25. The summed E-state index contributed by atoms with van der Waals surface area (Å²) in [5.74, 6) is 1.61. The molecule has 2 aromatic heterocycles. The van der Waals surface area contributed by atoms with Gasteiger partial charge in [-0.25, -0.2) is 4.98 Å². The van der Waals surface area contributed by atoms with Crippen LogP contribution in [-0.4, -0.2) is 61.9 Å². The van der Waals surface area contributed by atoms with E-state index in [2.05, 4.69) is 40.0 Å². The number of nitrogens with one attached hydrogen (secondary N) is 1. The summed E-state index contributed by atoms with van der Waals surface area (Å²) in [7, 11) is 1.32. The summed E-state index contributed by atoms with van der Waals surface area (Å²) in [5, 5.41) is 12.8. The fourth-order valence-corrected chi connectivity index (χ4v) is 5.15. The van der Waals surface area contributed by atoms with Crippen molar-refractivity contribution in [2.24, 2.45) is 0 Å². The van der Waals surface area contributed by atoms with E-state index in [-0.39, 0.29) is 42.3 Å². The first kappa shape index (κ1) is 37.1. The van der Waals surface area contributed by atoms with Gasteiger partial charge in [-0.3, -0.25) is 9.59 Å². The number of aromatic nitrogens is 4. The van der Waals surface area contributed by atoms with Crippen LogP contribution < -0.4 is 5.32 Å². The molecule has 246 valence electrons. The van der Waals surface area contributed by atoms with Gasteiger partial charge in [0.25, 0.3) is 0 Å². The summed E-state index contributed by atoms with van der Waals surface area (Å²) in [6.07, 6.45) is 21.7. The van der Waals surface area contributed by atoms with Gasteiger partial charge >= 0.3 is 12.0 Å². The fraction of sp³-hybridized carbons (Fsp3) is 0.727. The average molecular weight is 618 g/mol. The van der Waals surface area contributed by atoms with Crippen molar-refractivity contribution in [1.29, 1.82) is 0 Å². The molecule has 1 amide bonds. The molecule has 2 rings (SSSR count). The number of carbonyl (C=O) groups is 2. The number of unbranched alkanes of at least 4 members (excludes halogenated alkanes) is 13. The lowest BCUT2D eigenvalue weighted by molar-refractivity contribution is -0.168. The second kappa shape index (κ2) is 20.8. The Morgan fingerprint density at radius 2 is 1.55 bits per heavy atom. The number of nitrogens with zero attached hydrogens (tertiary/aromatic N) is 4. The lowest BCUT2D eigenvalue weighted by Crippen LogP contribution is -2.50. The quantitative estimate of drug-likeness (QED) is 0.0591. The van der Waals surface area contributed by atoms with Gasteiger partial charge in [-0.15, -0.1) is 6.42 Å². The van der Waals surface area contributed by atoms with Crippen LogP contribution in [0.3, 0.4) is 0 Å². The number of esters is 1. The van der Waals surface area contributed by atoms with Crippen LogP contribution in [0.2, 0.25) is 0 Å². The van der Waals surface area contributed by atoms with Crippen LogP contribution in [-0.2, 0) is 25.6 Å². The van der Waals surface area contributed by atoms with E-state index >= 15 is 0 Å². The van der Waals surface area contributed by atoms with E-state index < -0.39 is 30.4 Å². The number of hydrogen-bond donors (Lipinski definition) is 2. The van der Waals surface area contributed by atoms with Gasteiger partial charge in [0.1, 0.15) is 0 Å². The number of halogens is 1. The molecule has 2 aromatic rings. The molecule has 0 aliphatic carbocycles. The number of carbonyl (C=O) groups excluding carboxylic acids is 2. The van der Waals surface area contributed by atoms with Gasteiger partial charge in [-0.1, -0.05) is 103 Å². The van der Waals surface area contributed by atoms with Gasteiger partial charge in [0.15, 0.2) is 28.7 Å². The summed E-state index contributed by atoms with van der Waals surface area (Å²) in [6.45, 7) is 3.59. The van der Waals surface area contributed by atoms with E-state index in [1.165, 1.54) is 56.5 Å². The van der Waals surface area contributed by atoms with Crippen LogP contribution in [0.4, 0.5) is 10.2 Å². The first-order valence-corrected chi connectivity index (χ1v) is 16.4. The van der Waals surface area contributed by atoms with Crippen LogP contribution in [0.15, 0.2) is 6.33 Å². The lowest BCUT2D eigenvalue weighted by atomic mass is 9.97. The molecule has 0 aliphatic heterocycles. The minimum atomic E-state index is -1.65. The van der Waals surface area contributed by atoms with Crippen LogP contribution in [0, 0.1) is 18.4 Å². The molecule has 44 heavy (non-hydrogen) atoms. The zero-order valence-corrected chi connectivity index (χ0v) is 26.9. The number of aliphatic hydroxyl groups is 1. The van der Waals surface area contributed by atoms with E-state index in [1.807, 2.05) is 0 Å². The third-order valence-electron chi connectivity index (χ3n) is 7.94. The van der Waals surface area contributed by atoms with Crippen LogP contribution in [0.5, 0.6) is 0 Å². The Hall–Kier alpha value is -3.10. The number of imidazole rings is 1. The van der Waals surface area contributed by atoms with E-state index in [1.54, 1.807) is 0 Å². The van der Waals surface area contributed by atoms with Gasteiger partial charge in [-0.05, 0) is 12.8 Å². The molecule has 2 heterocycles. The van der Waals surface area contributed by atoms with Gasteiger partial charge in [0, 0.05) is 20.0 Å². The molecule has 0 spiro atoms. The number of amides is 1. The molecule has 0 aromatic carbocycles. The number of anilines is 1. The van der Waals surface area contributed by atoms with E-state index in [9.17, 15) is 19.1 Å². The summed E-state index contributed by atoms with van der Waals surface area (Å²) >= 11 is 0. The Balaban J connectivity index is 2.05. The maximum Gasteiger partial charge on any atom is 0.312 e. The summed E-state index contributed by atoms with van der Waals surface area (Å²) in [5.41, 5.74) is -1.40. The summed E-state index contributed by atoms with van der Waals surface area (Å²) < 4.78 is 27.2. The van der Waals surface area contributed by atoms with Crippen LogP contribution >= 0.6 is 0 Å². The van der Waals surface area contributed by atoms with Crippen molar-refractivity contribution in [1.82, 2.24) is 19.5 Å². The monoisotopic (exact) mass is 617 g/mol. The van der Waals surface area contributed by atoms with E-state index in [0.29, 0.717) is 6.42 Å². The second-order valence-corrected chi connectivity index (χ2v) is 11.4. The Morgan fingerprint density at radius 3 is 2.09 bits per heavy atom. The second-order valence-electron chi connectivity index (χ2n) is 11.4. The maximum absolute atomic E-state index is 14.5. The zero-order chi connectivity index (χ0) is 32.2. The number of fused-ring (bicyclic) bond motifs is 1. The molecule has 2 N–H and O–H groups in total. The number of terminal acetylenes is 1. The molecule has 0 aliphatic rings. The number of rotatable bonds is 24. The summed E-state index contributed by atoms with van der Waals surface area (Å²) in [6, 6.07) is 0. The first-order chi connectivity index (χ1) is 21.3. The largest absolute Gasteiger partial charge is 0.456 e. The van der Waals surface area contributed by atoms with Crippen molar-refractivity contribution in [3.8, 4) is 12.3 Å². The van der Waals surface area contributed by atoms with Crippen molar-refractivity contribution in [2.75, 3.05) is 19.0 Å². The van der Waals surface area contributed by atoms with Gasteiger partial charge in [0.2, 0.25) is 5.91 Å². The topological polar surface area (TPSA) is 128 Å². The summed E-state index contributed by atoms with van der Waals surface area (Å²) in [4.78, 5) is 37.3. The molecule has 1 unspecified atom stereocenters. The highest BCUT2D eigenvalue weighted by atomic mass is 19.1. The van der Waals surface area contributed by atoms with Crippen molar-refractivity contribution < 1.29 is 28.6 Å². The molecule has 10 nitrogen and oxygen atoms in total. The van der Waals surface area contributed by atoms with Gasteiger partial charge < -0.3 is 24.5 Å². The zero-order valence-electron chi connectivity index (χ0n) is 26.9. The molecule has 2 atom stereocenters. The molecule has 0 radical (unpaired) electrons. The van der Waals surface area contributed by atoms with Crippen molar-refractivity contribution in [3.63, 3.8) is 0 Å². The molecular formula is C33H52FN5O5. The Kier molecular flexibility index (Phi) is 17.5. The SMILES string of the molecule is C#CC(CO)(OC)[C@H](Cn1cnc2c(NC(=O)CCCCCCC)nc(F)nc21)OC(=O)CCCCCCCCCCCC. The molecule has 0 bridgehead atoms. The van der Waals surface area contributed by atoms with E-state index in [0.717, 1.165) is 51.4 Å². The van der Waals surface area contributed by atoms with Crippen molar-refractivity contribution in [2.45, 2.75) is 141 Å². The van der Waals surface area contributed by atoms with Crippen molar-refractivity contribution in [3.05, 3.63) is 12.4 Å². The standard InChI is InChI=1S/C33H52FN5O5/c1-5-8-10-12-13-14-15-16-18-20-22-28(42)44-26(33(7-3,24-40)43-4)23-39-25-35-29-30(37-32(34)38-31(29)39)36-27(41)21-19-17-11-9-6-2/h3,25-26,40H,5-6,8-24H2,1-2,4H3,(H,36,37,38,41)/t26-,33?/m0/s1. The molecular weight excluding hydrogens is 565 g/mol. The van der Waals surface area contributed by atoms with Crippen LogP contribution in [0.25, 0.3) is 11.2 Å². The Labute approximate surface area is 261 Å². The Morgan fingerprint density at radius 1 is 0.977 bits per heavy atom.